The molecule has 0 saturated heterocycles. The summed E-state index contributed by atoms with van der Waals surface area (Å²) in [5.74, 6) is -3.20. The molecule has 2 aliphatic heterocycles. The van der Waals surface area contributed by atoms with Crippen LogP contribution in [0, 0.1) is 0 Å². The lowest BCUT2D eigenvalue weighted by Crippen LogP contribution is -2.17. The third-order valence-corrected chi connectivity index (χ3v) is 13.4. The van der Waals surface area contributed by atoms with Crippen LogP contribution in [0.5, 0.6) is 69.0 Å². The molecule has 10 N–H and O–H groups in total. The Kier molecular flexibility index (Phi) is 9.78. The number of ether oxygens (including phenoxy) is 2. The highest BCUT2D eigenvalue weighted by atomic mass is 16.5. The van der Waals surface area contributed by atoms with Gasteiger partial charge >= 0.3 is 0 Å². The average molecular weight is 907 g/mol. The van der Waals surface area contributed by atoms with Gasteiger partial charge in [-0.1, -0.05) is 54.6 Å². The van der Waals surface area contributed by atoms with E-state index in [9.17, 15) is 51.1 Å². The molecule has 0 amide bonds. The van der Waals surface area contributed by atoms with Crippen LogP contribution in [0.25, 0.3) is 12.2 Å². The molecule has 0 unspecified atom stereocenters. The molecule has 8 aromatic rings. The van der Waals surface area contributed by atoms with E-state index < -0.39 is 35.9 Å². The molecule has 68 heavy (non-hydrogen) atoms. The van der Waals surface area contributed by atoms with Crippen LogP contribution in [-0.2, 0) is 0 Å². The molecule has 12 heteroatoms. The largest absolute Gasteiger partial charge is 0.508 e. The van der Waals surface area contributed by atoms with Gasteiger partial charge in [0.2, 0.25) is 0 Å². The van der Waals surface area contributed by atoms with Gasteiger partial charge in [-0.2, -0.15) is 0 Å². The number of fused-ring (bicyclic) bond motifs is 3. The van der Waals surface area contributed by atoms with Crippen molar-refractivity contribution in [1.82, 2.24) is 0 Å². The van der Waals surface area contributed by atoms with Gasteiger partial charge in [0.15, 0.2) is 0 Å². The van der Waals surface area contributed by atoms with Gasteiger partial charge in [0, 0.05) is 52.8 Å². The molecule has 338 valence electrons. The molecular formula is C56H42O12. The highest BCUT2D eigenvalue weighted by molar-refractivity contribution is 5.78. The fourth-order valence-corrected chi connectivity index (χ4v) is 10.7. The Morgan fingerprint density at radius 2 is 0.750 bits per heavy atom. The highest BCUT2D eigenvalue weighted by Crippen LogP contribution is 2.63. The second-order valence-electron chi connectivity index (χ2n) is 17.6. The van der Waals surface area contributed by atoms with Crippen molar-refractivity contribution < 1.29 is 60.5 Å². The highest BCUT2D eigenvalue weighted by Gasteiger charge is 2.48. The summed E-state index contributed by atoms with van der Waals surface area (Å²) in [5.41, 5.74) is 7.02. The Morgan fingerprint density at radius 3 is 1.35 bits per heavy atom. The van der Waals surface area contributed by atoms with Crippen molar-refractivity contribution in [3.05, 3.63) is 212 Å². The number of rotatable bonds is 7. The number of hydrogen-bond donors (Lipinski definition) is 10. The van der Waals surface area contributed by atoms with Gasteiger partial charge in [-0.25, -0.2) is 0 Å². The van der Waals surface area contributed by atoms with Gasteiger partial charge in [-0.05, 0) is 129 Å². The Labute approximate surface area is 388 Å². The van der Waals surface area contributed by atoms with Crippen molar-refractivity contribution in [1.29, 1.82) is 0 Å². The normalized spacial score (nSPS) is 19.9. The summed E-state index contributed by atoms with van der Waals surface area (Å²) in [7, 11) is 0. The molecule has 0 saturated carbocycles. The van der Waals surface area contributed by atoms with Crippen LogP contribution < -0.4 is 9.47 Å². The number of benzene rings is 8. The zero-order valence-electron chi connectivity index (χ0n) is 35.8. The van der Waals surface area contributed by atoms with E-state index in [4.69, 9.17) is 9.47 Å². The first kappa shape index (κ1) is 41.8. The molecule has 0 radical (unpaired) electrons. The Bertz CT molecular complexity index is 3310. The van der Waals surface area contributed by atoms with Gasteiger partial charge < -0.3 is 60.5 Å². The number of phenolic OH excluding ortho intramolecular Hbond substituents is 10. The predicted octanol–water partition coefficient (Wildman–Crippen LogP) is 10.7. The summed E-state index contributed by atoms with van der Waals surface area (Å²) >= 11 is 0. The summed E-state index contributed by atoms with van der Waals surface area (Å²) < 4.78 is 13.3. The van der Waals surface area contributed by atoms with E-state index in [0.717, 1.165) is 0 Å². The zero-order chi connectivity index (χ0) is 47.1. The first-order chi connectivity index (χ1) is 32.8. The van der Waals surface area contributed by atoms with Crippen LogP contribution >= 0.6 is 0 Å². The SMILES string of the molecule is Oc1ccc([C@@H]2c3c(O)cc(O)cc3[C@H]3c4c(cc(O)cc4[C@@H]2c2cc(O)ccc2C=Cc2cc(O)cc4c2[C@H](c2cc(O)cc(O)c2)[C@@H](c2ccc(O)cc2)O4)O[C@@H]3c2ccc(O)cc2)cc1. The zero-order valence-corrected chi connectivity index (χ0v) is 35.8. The molecule has 1 aliphatic carbocycles. The molecule has 0 bridgehead atoms. The molecule has 11 rings (SSSR count). The van der Waals surface area contributed by atoms with Crippen LogP contribution in [-0.4, -0.2) is 51.1 Å². The standard InChI is InChI=1S/C56H42O12/c57-33-10-4-28(5-11-33)49-51(43-23-41(65)26-47-53(43)54(44-22-40(64)24-45(66)52(44)49)56(68-47)30-8-14-35(59)15-9-30)42-21-36(60)16-3-27(42)1-2-31-17-39(63)25-46-48(31)50(32-18-37(61)20-38(62)19-32)55(67-46)29-6-12-34(58)13-7-29/h1-26,49-51,54-66H/t49-,50-,51-,54-,55+,56+/m0/s1. The third kappa shape index (κ3) is 7.10. The average Bonchev–Trinajstić information content (AvgIpc) is 3.84. The first-order valence-electron chi connectivity index (χ1n) is 21.8. The van der Waals surface area contributed by atoms with Gasteiger partial charge in [0.25, 0.3) is 0 Å². The van der Waals surface area contributed by atoms with Crippen LogP contribution in [0.4, 0.5) is 0 Å². The van der Waals surface area contributed by atoms with E-state index in [0.29, 0.717) is 78.3 Å². The minimum atomic E-state index is -0.825. The fourth-order valence-electron chi connectivity index (χ4n) is 10.7. The lowest BCUT2D eigenvalue weighted by atomic mass is 9.72. The fraction of sp³-hybridized carbons (Fsp3) is 0.107. The lowest BCUT2D eigenvalue weighted by Gasteiger charge is -2.31. The number of phenols is 10. The molecule has 0 fully saturated rings. The van der Waals surface area contributed by atoms with Crippen molar-refractivity contribution >= 4 is 12.2 Å². The quantitative estimate of drug-likeness (QED) is 0.0675. The van der Waals surface area contributed by atoms with E-state index in [-0.39, 0.29) is 57.5 Å². The Balaban J connectivity index is 1.14. The van der Waals surface area contributed by atoms with E-state index in [1.165, 1.54) is 66.7 Å². The summed E-state index contributed by atoms with van der Waals surface area (Å²) in [6, 6.07) is 37.9. The molecular weight excluding hydrogens is 865 g/mol. The molecule has 0 aromatic heterocycles. The van der Waals surface area contributed by atoms with Crippen molar-refractivity contribution in [3.8, 4) is 69.0 Å². The molecule has 0 spiro atoms. The second kappa shape index (κ2) is 15.9. The van der Waals surface area contributed by atoms with Crippen molar-refractivity contribution in [3.63, 3.8) is 0 Å². The van der Waals surface area contributed by atoms with E-state index >= 15 is 0 Å². The van der Waals surface area contributed by atoms with Crippen LogP contribution in [0.15, 0.2) is 146 Å². The minimum Gasteiger partial charge on any atom is -0.508 e. The second-order valence-corrected chi connectivity index (χ2v) is 17.6. The lowest BCUT2D eigenvalue weighted by molar-refractivity contribution is 0.221. The summed E-state index contributed by atoms with van der Waals surface area (Å²) in [4.78, 5) is 0. The topological polar surface area (TPSA) is 221 Å². The number of hydrogen-bond acceptors (Lipinski definition) is 12. The van der Waals surface area contributed by atoms with Gasteiger partial charge in [-0.15, -0.1) is 0 Å². The number of aromatic hydroxyl groups is 10. The minimum absolute atomic E-state index is 0.00433. The molecule has 3 aliphatic rings. The third-order valence-electron chi connectivity index (χ3n) is 13.4. The smallest absolute Gasteiger partial charge is 0.135 e. The van der Waals surface area contributed by atoms with E-state index in [1.807, 2.05) is 6.08 Å². The Hall–Kier alpha value is -8.90. The molecule has 2 heterocycles. The molecule has 6 atom stereocenters. The van der Waals surface area contributed by atoms with Gasteiger partial charge in [0.05, 0.1) is 11.8 Å². The van der Waals surface area contributed by atoms with Crippen molar-refractivity contribution in [2.75, 3.05) is 0 Å². The summed E-state index contributed by atoms with van der Waals surface area (Å²) in [6.45, 7) is 0. The van der Waals surface area contributed by atoms with E-state index in [1.54, 1.807) is 84.9 Å². The van der Waals surface area contributed by atoms with E-state index in [2.05, 4.69) is 0 Å². The predicted molar refractivity (Wildman–Crippen MR) is 251 cm³/mol. The van der Waals surface area contributed by atoms with Crippen molar-refractivity contribution in [2.45, 2.75) is 35.9 Å². The first-order valence-corrected chi connectivity index (χ1v) is 21.8. The maximum absolute atomic E-state index is 12.2. The summed E-state index contributed by atoms with van der Waals surface area (Å²) in [5, 5.41) is 110. The summed E-state index contributed by atoms with van der Waals surface area (Å²) in [6.07, 6.45) is 2.14. The van der Waals surface area contributed by atoms with Gasteiger partial charge in [-0.3, -0.25) is 0 Å². The van der Waals surface area contributed by atoms with Crippen LogP contribution in [0.1, 0.15) is 103 Å². The Morgan fingerprint density at radius 1 is 0.294 bits per heavy atom. The maximum Gasteiger partial charge on any atom is 0.135 e. The monoisotopic (exact) mass is 906 g/mol. The maximum atomic E-state index is 12.2. The molecule has 12 nitrogen and oxygen atoms in total. The van der Waals surface area contributed by atoms with Crippen molar-refractivity contribution in [2.24, 2.45) is 0 Å². The van der Waals surface area contributed by atoms with Gasteiger partial charge in [0.1, 0.15) is 81.2 Å². The van der Waals surface area contributed by atoms with Crippen LogP contribution in [0.3, 0.4) is 0 Å². The molecule has 8 aromatic carbocycles. The van der Waals surface area contributed by atoms with Crippen LogP contribution in [0.2, 0.25) is 0 Å².